The van der Waals surface area contributed by atoms with Gasteiger partial charge in [-0.1, -0.05) is 12.1 Å². The van der Waals surface area contributed by atoms with Gasteiger partial charge >= 0.3 is 12.3 Å². The van der Waals surface area contributed by atoms with E-state index in [4.69, 9.17) is 9.47 Å². The average Bonchev–Trinajstić information content (AvgIpc) is 3.06. The van der Waals surface area contributed by atoms with Gasteiger partial charge < -0.3 is 35.5 Å². The predicted octanol–water partition coefficient (Wildman–Crippen LogP) is 4.07. The summed E-state index contributed by atoms with van der Waals surface area (Å²) in [5.74, 6) is -5.73. The minimum absolute atomic E-state index is 0.0277. The van der Waals surface area contributed by atoms with E-state index in [1.165, 1.54) is 12.1 Å². The highest BCUT2D eigenvalue weighted by Gasteiger charge is 2.36. The zero-order chi connectivity index (χ0) is 36.4. The van der Waals surface area contributed by atoms with Gasteiger partial charge in [0.1, 0.15) is 42.1 Å². The molecule has 0 saturated carbocycles. The van der Waals surface area contributed by atoms with Gasteiger partial charge in [-0.2, -0.15) is 13.2 Å². The number of nitrogens with one attached hydrogen (secondary N) is 4. The Labute approximate surface area is 280 Å². The number of pyridine rings is 1. The molecule has 2 aromatic carbocycles. The maximum Gasteiger partial charge on any atom is 0.411 e. The first-order valence-corrected chi connectivity index (χ1v) is 15.0. The van der Waals surface area contributed by atoms with Gasteiger partial charge in [-0.3, -0.25) is 14.6 Å². The summed E-state index contributed by atoms with van der Waals surface area (Å²) in [4.78, 5) is 41.0. The monoisotopic (exact) mass is 715 g/mol. The second kappa shape index (κ2) is 17.2. The number of nitrogens with zero attached hydrogens (tertiary/aromatic N) is 1. The Balaban J connectivity index is 1.53. The summed E-state index contributed by atoms with van der Waals surface area (Å²) in [5.41, 5.74) is -0.0644. The van der Waals surface area contributed by atoms with Crippen LogP contribution in [0.4, 0.5) is 41.2 Å². The Bertz CT molecular complexity index is 1600. The quantitative estimate of drug-likeness (QED) is 0.111. The molecule has 270 valence electrons. The molecule has 1 unspecified atom stereocenters. The van der Waals surface area contributed by atoms with Gasteiger partial charge in [0.15, 0.2) is 0 Å². The normalized spacial score (nSPS) is 18.0. The first-order valence-electron chi connectivity index (χ1n) is 15.0. The first-order chi connectivity index (χ1) is 23.8. The number of anilines is 1. The lowest BCUT2D eigenvalue weighted by atomic mass is 9.84. The van der Waals surface area contributed by atoms with Crippen LogP contribution >= 0.6 is 0 Å². The third-order valence-electron chi connectivity index (χ3n) is 7.67. The molecule has 1 aliphatic heterocycles. The number of alkyl halides is 3. The van der Waals surface area contributed by atoms with Crippen LogP contribution in [0.15, 0.2) is 54.9 Å². The standard InChI is InChI=1S/C32H32F7N5O6/c1-48-31(47)44-28(27(17-2-4-19(33)5-3-17)18-8-20(34)10-21(35)9-18)29(46)43-25-13-40-12-24(36)23(25)7-6-22-11-41-26(14-49-22)30(42-16-45)50-15-32(37,38)39/h2-5,8-10,12-13,16,22,26-28,30,41H,6-7,11,14-15H2,1H3,(H,42,45)(H,43,46)(H,44,47)/t22-,26-,27+,28+,30?/m1/s1. The predicted molar refractivity (Wildman–Crippen MR) is 162 cm³/mol. The van der Waals surface area contributed by atoms with Gasteiger partial charge in [-0.25, -0.2) is 22.4 Å². The van der Waals surface area contributed by atoms with E-state index < -0.39 is 78.4 Å². The van der Waals surface area contributed by atoms with E-state index in [1.807, 2.05) is 0 Å². The number of hydrogen-bond acceptors (Lipinski definition) is 8. The Hall–Kier alpha value is -4.81. The second-order valence-corrected chi connectivity index (χ2v) is 11.1. The number of rotatable bonds is 14. The molecule has 2 heterocycles. The summed E-state index contributed by atoms with van der Waals surface area (Å²) in [6, 6.07) is 4.64. The van der Waals surface area contributed by atoms with Crippen molar-refractivity contribution in [3.63, 3.8) is 0 Å². The third-order valence-corrected chi connectivity index (χ3v) is 7.67. The van der Waals surface area contributed by atoms with Gasteiger partial charge in [0, 0.05) is 24.1 Å². The number of methoxy groups -OCH3 is 1. The molecule has 0 spiro atoms. The summed E-state index contributed by atoms with van der Waals surface area (Å²) >= 11 is 0. The maximum atomic E-state index is 15.1. The van der Waals surface area contributed by atoms with Crippen molar-refractivity contribution in [3.05, 3.63) is 94.8 Å². The second-order valence-electron chi connectivity index (χ2n) is 11.1. The number of hydrogen-bond donors (Lipinski definition) is 4. The van der Waals surface area contributed by atoms with Crippen molar-refractivity contribution in [1.82, 2.24) is 20.9 Å². The van der Waals surface area contributed by atoms with Crippen LogP contribution in [0.1, 0.15) is 29.0 Å². The van der Waals surface area contributed by atoms with Crippen LogP contribution in [-0.4, -0.2) is 80.9 Å². The largest absolute Gasteiger partial charge is 0.453 e. The van der Waals surface area contributed by atoms with Crippen LogP contribution in [0.25, 0.3) is 0 Å². The van der Waals surface area contributed by atoms with Gasteiger partial charge in [0.2, 0.25) is 12.3 Å². The fraction of sp³-hybridized carbons (Fsp3) is 0.375. The van der Waals surface area contributed by atoms with Crippen LogP contribution in [0.2, 0.25) is 0 Å². The van der Waals surface area contributed by atoms with Gasteiger partial charge in [0.25, 0.3) is 0 Å². The van der Waals surface area contributed by atoms with Crippen molar-refractivity contribution >= 4 is 24.1 Å². The molecule has 0 aliphatic carbocycles. The summed E-state index contributed by atoms with van der Waals surface area (Å²) in [6.07, 6.45) is -5.32. The third kappa shape index (κ3) is 10.6. The number of halogens is 7. The molecule has 1 fully saturated rings. The molecular formula is C32H32F7N5O6. The van der Waals surface area contributed by atoms with E-state index in [0.717, 1.165) is 43.8 Å². The molecule has 11 nitrogen and oxygen atoms in total. The first kappa shape index (κ1) is 38.0. The molecule has 4 N–H and O–H groups in total. The summed E-state index contributed by atoms with van der Waals surface area (Å²) in [5, 5.41) is 9.95. The minimum atomic E-state index is -4.63. The van der Waals surface area contributed by atoms with E-state index in [9.17, 15) is 40.7 Å². The maximum absolute atomic E-state index is 15.1. The highest BCUT2D eigenvalue weighted by Crippen LogP contribution is 2.31. The van der Waals surface area contributed by atoms with Gasteiger partial charge in [0.05, 0.1) is 43.9 Å². The van der Waals surface area contributed by atoms with Crippen LogP contribution in [0, 0.1) is 23.3 Å². The van der Waals surface area contributed by atoms with E-state index in [1.54, 1.807) is 0 Å². The number of carbonyl (C=O) groups excluding carboxylic acids is 3. The van der Waals surface area contributed by atoms with Crippen molar-refractivity contribution in [2.75, 3.05) is 32.2 Å². The molecule has 18 heteroatoms. The summed E-state index contributed by atoms with van der Waals surface area (Å²) in [6.45, 7) is -1.68. The molecule has 4 rings (SSSR count). The lowest BCUT2D eigenvalue weighted by Gasteiger charge is -2.35. The number of alkyl carbamates (subject to hydrolysis) is 1. The zero-order valence-corrected chi connectivity index (χ0v) is 26.2. The number of benzene rings is 2. The van der Waals surface area contributed by atoms with Crippen molar-refractivity contribution < 1.29 is 59.3 Å². The fourth-order valence-corrected chi connectivity index (χ4v) is 5.38. The fourth-order valence-electron chi connectivity index (χ4n) is 5.38. The van der Waals surface area contributed by atoms with Crippen LogP contribution in [0.5, 0.6) is 0 Å². The van der Waals surface area contributed by atoms with E-state index in [2.05, 4.69) is 31.0 Å². The van der Waals surface area contributed by atoms with Crippen molar-refractivity contribution in [1.29, 1.82) is 0 Å². The van der Waals surface area contributed by atoms with Crippen LogP contribution in [0.3, 0.4) is 0 Å². The zero-order valence-electron chi connectivity index (χ0n) is 26.2. The molecule has 1 aliphatic rings. The molecular weight excluding hydrogens is 683 g/mol. The molecule has 1 saturated heterocycles. The van der Waals surface area contributed by atoms with E-state index in [0.29, 0.717) is 6.07 Å². The Kier molecular flexibility index (Phi) is 13.1. The number of morpholine rings is 1. The Morgan fingerprint density at radius 1 is 1.04 bits per heavy atom. The molecule has 3 amide bonds. The molecule has 5 atom stereocenters. The molecule has 0 radical (unpaired) electrons. The SMILES string of the molecule is COC(=O)N[C@H](C(=O)Nc1cncc(F)c1CC[C@@H]1CN[C@@H](C(NC=O)OCC(F)(F)F)CO1)[C@@H](c1ccc(F)cc1)c1cc(F)cc(F)c1. The summed E-state index contributed by atoms with van der Waals surface area (Å²) in [7, 11) is 1.02. The lowest BCUT2D eigenvalue weighted by Crippen LogP contribution is -2.57. The molecule has 3 aromatic rings. The van der Waals surface area contributed by atoms with Gasteiger partial charge in [-0.05, 0) is 48.2 Å². The van der Waals surface area contributed by atoms with Crippen LogP contribution < -0.4 is 21.3 Å². The van der Waals surface area contributed by atoms with E-state index >= 15 is 4.39 Å². The Morgan fingerprint density at radius 2 is 1.74 bits per heavy atom. The van der Waals surface area contributed by atoms with Crippen LogP contribution in [-0.2, 0) is 30.2 Å². The highest BCUT2D eigenvalue weighted by molar-refractivity contribution is 5.98. The smallest absolute Gasteiger partial charge is 0.411 e. The number of amides is 3. The van der Waals surface area contributed by atoms with Crippen molar-refractivity contribution in [3.8, 4) is 0 Å². The van der Waals surface area contributed by atoms with Gasteiger partial charge in [-0.15, -0.1) is 0 Å². The van der Waals surface area contributed by atoms with E-state index in [-0.39, 0.29) is 54.8 Å². The molecule has 50 heavy (non-hydrogen) atoms. The van der Waals surface area contributed by atoms with Crippen molar-refractivity contribution in [2.45, 2.75) is 49.4 Å². The molecule has 0 bridgehead atoms. The topological polar surface area (TPSA) is 140 Å². The Morgan fingerprint density at radius 3 is 2.34 bits per heavy atom. The number of aromatic nitrogens is 1. The number of ether oxygens (including phenoxy) is 3. The minimum Gasteiger partial charge on any atom is -0.453 e. The molecule has 1 aromatic heterocycles. The summed E-state index contributed by atoms with van der Waals surface area (Å²) < 4.78 is 111. The van der Waals surface area contributed by atoms with Crippen molar-refractivity contribution in [2.24, 2.45) is 0 Å². The highest BCUT2D eigenvalue weighted by atomic mass is 19.4. The lowest BCUT2D eigenvalue weighted by molar-refractivity contribution is -0.195. The number of carbonyl (C=O) groups is 3. The average molecular weight is 716 g/mol.